The standard InChI is InChI=1S/C22H24FN3O2/c23-20-4-2-1-3-16(20)12-21(27)25-19-6-5-15-8-10-26(14-18(15)11-19)22(28)17-7-9-24-13-17/h1-6,11,17,24H,7-10,12-14H2,(H,25,27)/t17-/m1/s1. The van der Waals surface area contributed by atoms with Crippen LogP contribution in [0.25, 0.3) is 0 Å². The highest BCUT2D eigenvalue weighted by Crippen LogP contribution is 2.25. The van der Waals surface area contributed by atoms with Gasteiger partial charge in [0.2, 0.25) is 11.8 Å². The van der Waals surface area contributed by atoms with E-state index in [4.69, 9.17) is 0 Å². The first-order chi connectivity index (χ1) is 13.6. The second-order valence-corrected chi connectivity index (χ2v) is 7.50. The van der Waals surface area contributed by atoms with Crippen LogP contribution in [0.3, 0.4) is 0 Å². The van der Waals surface area contributed by atoms with E-state index in [2.05, 4.69) is 10.6 Å². The summed E-state index contributed by atoms with van der Waals surface area (Å²) in [5.74, 6) is -0.348. The molecule has 0 saturated carbocycles. The number of hydrogen-bond donors (Lipinski definition) is 2. The lowest BCUT2D eigenvalue weighted by molar-refractivity contribution is -0.135. The zero-order valence-electron chi connectivity index (χ0n) is 15.7. The SMILES string of the molecule is O=C(Cc1ccccc1F)Nc1ccc2c(c1)CN(C(=O)[C@@H]1CCNC1)CC2. The molecular weight excluding hydrogens is 357 g/mol. The largest absolute Gasteiger partial charge is 0.338 e. The molecule has 28 heavy (non-hydrogen) atoms. The molecule has 0 aliphatic carbocycles. The molecule has 2 aromatic rings. The molecule has 146 valence electrons. The molecule has 1 atom stereocenters. The highest BCUT2D eigenvalue weighted by Gasteiger charge is 2.29. The first-order valence-electron chi connectivity index (χ1n) is 9.75. The molecule has 0 aromatic heterocycles. The van der Waals surface area contributed by atoms with Gasteiger partial charge in [-0.25, -0.2) is 4.39 Å². The molecule has 2 amide bonds. The first kappa shape index (κ1) is 18.6. The molecule has 0 spiro atoms. The second-order valence-electron chi connectivity index (χ2n) is 7.50. The Balaban J connectivity index is 1.42. The van der Waals surface area contributed by atoms with E-state index in [0.717, 1.165) is 38.0 Å². The molecule has 1 saturated heterocycles. The number of fused-ring (bicyclic) bond motifs is 1. The molecule has 4 rings (SSSR count). The van der Waals surface area contributed by atoms with E-state index in [1.54, 1.807) is 18.2 Å². The van der Waals surface area contributed by atoms with Crippen LogP contribution in [-0.2, 0) is 29.0 Å². The summed E-state index contributed by atoms with van der Waals surface area (Å²) >= 11 is 0. The Kier molecular flexibility index (Phi) is 5.39. The summed E-state index contributed by atoms with van der Waals surface area (Å²) in [5, 5.41) is 6.09. The van der Waals surface area contributed by atoms with Gasteiger partial charge in [0.05, 0.1) is 12.3 Å². The summed E-state index contributed by atoms with van der Waals surface area (Å²) in [6.45, 7) is 2.97. The topological polar surface area (TPSA) is 61.4 Å². The maximum atomic E-state index is 13.7. The first-order valence-corrected chi connectivity index (χ1v) is 9.75. The van der Waals surface area contributed by atoms with Gasteiger partial charge in [-0.15, -0.1) is 0 Å². The number of benzene rings is 2. The molecule has 2 aliphatic rings. The van der Waals surface area contributed by atoms with Gasteiger partial charge < -0.3 is 15.5 Å². The summed E-state index contributed by atoms with van der Waals surface area (Å²) in [4.78, 5) is 26.9. The second kappa shape index (κ2) is 8.10. The predicted molar refractivity (Wildman–Crippen MR) is 105 cm³/mol. The van der Waals surface area contributed by atoms with E-state index in [-0.39, 0.29) is 30.0 Å². The molecule has 2 heterocycles. The van der Waals surface area contributed by atoms with Crippen LogP contribution in [-0.4, -0.2) is 36.3 Å². The van der Waals surface area contributed by atoms with Gasteiger partial charge >= 0.3 is 0 Å². The van der Waals surface area contributed by atoms with E-state index in [9.17, 15) is 14.0 Å². The number of hydrogen-bond acceptors (Lipinski definition) is 3. The molecule has 2 aliphatic heterocycles. The maximum absolute atomic E-state index is 13.7. The Morgan fingerprint density at radius 2 is 2.04 bits per heavy atom. The van der Waals surface area contributed by atoms with Gasteiger partial charge in [-0.1, -0.05) is 24.3 Å². The van der Waals surface area contributed by atoms with Crippen LogP contribution < -0.4 is 10.6 Å². The van der Waals surface area contributed by atoms with Crippen molar-refractivity contribution in [3.05, 3.63) is 65.0 Å². The van der Waals surface area contributed by atoms with Gasteiger partial charge in [0.25, 0.3) is 0 Å². The molecule has 6 heteroatoms. The predicted octanol–water partition coefficient (Wildman–Crippen LogP) is 2.50. The van der Waals surface area contributed by atoms with Crippen LogP contribution in [0, 0.1) is 11.7 Å². The van der Waals surface area contributed by atoms with Crippen molar-refractivity contribution in [1.29, 1.82) is 0 Å². The molecule has 0 radical (unpaired) electrons. The van der Waals surface area contributed by atoms with Crippen molar-refractivity contribution in [1.82, 2.24) is 10.2 Å². The van der Waals surface area contributed by atoms with Crippen LogP contribution in [0.1, 0.15) is 23.1 Å². The number of amides is 2. The van der Waals surface area contributed by atoms with Gasteiger partial charge in [0, 0.05) is 25.3 Å². The number of nitrogens with one attached hydrogen (secondary N) is 2. The minimum absolute atomic E-state index is 0.0109. The van der Waals surface area contributed by atoms with Crippen LogP contribution in [0.5, 0.6) is 0 Å². The average molecular weight is 381 g/mol. The number of carbonyl (C=O) groups excluding carboxylic acids is 2. The van der Waals surface area contributed by atoms with Crippen molar-refractivity contribution in [2.45, 2.75) is 25.8 Å². The van der Waals surface area contributed by atoms with Crippen LogP contribution >= 0.6 is 0 Å². The van der Waals surface area contributed by atoms with E-state index < -0.39 is 0 Å². The maximum Gasteiger partial charge on any atom is 0.228 e. The van der Waals surface area contributed by atoms with Gasteiger partial charge in [-0.05, 0) is 54.3 Å². The lowest BCUT2D eigenvalue weighted by Gasteiger charge is -2.31. The third-order valence-corrected chi connectivity index (χ3v) is 5.53. The fourth-order valence-corrected chi connectivity index (χ4v) is 3.97. The molecular formula is C22H24FN3O2. The van der Waals surface area contributed by atoms with Gasteiger partial charge in [-0.3, -0.25) is 9.59 Å². The monoisotopic (exact) mass is 381 g/mol. The van der Waals surface area contributed by atoms with E-state index in [1.165, 1.54) is 11.6 Å². The Morgan fingerprint density at radius 3 is 2.82 bits per heavy atom. The normalized spacial score (nSPS) is 18.6. The summed E-state index contributed by atoms with van der Waals surface area (Å²) in [7, 11) is 0. The van der Waals surface area contributed by atoms with Gasteiger partial charge in [0.1, 0.15) is 5.82 Å². The smallest absolute Gasteiger partial charge is 0.228 e. The lowest BCUT2D eigenvalue weighted by atomic mass is 9.97. The fourth-order valence-electron chi connectivity index (χ4n) is 3.97. The minimum atomic E-state index is -0.376. The lowest BCUT2D eigenvalue weighted by Crippen LogP contribution is -2.40. The number of nitrogens with zero attached hydrogens (tertiary/aromatic N) is 1. The number of carbonyl (C=O) groups is 2. The van der Waals surface area contributed by atoms with Crippen molar-refractivity contribution < 1.29 is 14.0 Å². The van der Waals surface area contributed by atoms with Crippen molar-refractivity contribution >= 4 is 17.5 Å². The summed E-state index contributed by atoms with van der Waals surface area (Å²) in [5.41, 5.74) is 3.33. The Labute approximate surface area is 163 Å². The number of halogens is 1. The summed E-state index contributed by atoms with van der Waals surface area (Å²) in [6, 6.07) is 12.1. The van der Waals surface area contributed by atoms with Crippen LogP contribution in [0.2, 0.25) is 0 Å². The van der Waals surface area contributed by atoms with E-state index >= 15 is 0 Å². The van der Waals surface area contributed by atoms with Crippen LogP contribution in [0.15, 0.2) is 42.5 Å². The molecule has 2 N–H and O–H groups in total. The van der Waals surface area contributed by atoms with Crippen molar-refractivity contribution in [2.24, 2.45) is 5.92 Å². The average Bonchev–Trinajstić information content (AvgIpc) is 3.23. The zero-order chi connectivity index (χ0) is 19.5. The minimum Gasteiger partial charge on any atom is -0.338 e. The molecule has 0 bridgehead atoms. The summed E-state index contributed by atoms with van der Waals surface area (Å²) < 4.78 is 13.7. The Hall–Kier alpha value is -2.73. The number of anilines is 1. The molecule has 0 unspecified atom stereocenters. The highest BCUT2D eigenvalue weighted by molar-refractivity contribution is 5.92. The highest BCUT2D eigenvalue weighted by atomic mass is 19.1. The van der Waals surface area contributed by atoms with Crippen molar-refractivity contribution in [3.63, 3.8) is 0 Å². The van der Waals surface area contributed by atoms with Gasteiger partial charge in [0.15, 0.2) is 0 Å². The van der Waals surface area contributed by atoms with E-state index in [0.29, 0.717) is 17.8 Å². The fraction of sp³-hybridized carbons (Fsp3) is 0.364. The van der Waals surface area contributed by atoms with Crippen LogP contribution in [0.4, 0.5) is 10.1 Å². The van der Waals surface area contributed by atoms with Crippen molar-refractivity contribution in [3.8, 4) is 0 Å². The number of rotatable bonds is 4. The van der Waals surface area contributed by atoms with Gasteiger partial charge in [-0.2, -0.15) is 0 Å². The molecule has 5 nitrogen and oxygen atoms in total. The third-order valence-electron chi connectivity index (χ3n) is 5.53. The van der Waals surface area contributed by atoms with E-state index in [1.807, 2.05) is 23.1 Å². The Morgan fingerprint density at radius 1 is 1.18 bits per heavy atom. The quantitative estimate of drug-likeness (QED) is 0.856. The zero-order valence-corrected chi connectivity index (χ0v) is 15.7. The third kappa shape index (κ3) is 4.07. The van der Waals surface area contributed by atoms with Crippen molar-refractivity contribution in [2.75, 3.05) is 25.0 Å². The molecule has 2 aromatic carbocycles. The summed E-state index contributed by atoms with van der Waals surface area (Å²) in [6.07, 6.45) is 1.71. The Bertz CT molecular complexity index is 893. The molecule has 1 fully saturated rings.